The second-order valence-electron chi connectivity index (χ2n) is 6.02. The van der Waals surface area contributed by atoms with Gasteiger partial charge in [0.2, 0.25) is 0 Å². The van der Waals surface area contributed by atoms with E-state index in [-0.39, 0.29) is 100 Å². The molecular weight excluding hydrogens is 924 g/mol. The van der Waals surface area contributed by atoms with Gasteiger partial charge in [0.1, 0.15) is 0 Å². The molecule has 0 amide bonds. The Labute approximate surface area is 251 Å². The minimum absolute atomic E-state index is 0. The first kappa shape index (κ1) is 58.8. The zero-order chi connectivity index (χ0) is 19.2. The number of ether oxygens (including phenoxy) is 1. The first-order chi connectivity index (χ1) is 11.9. The molecule has 0 saturated carbocycles. The fourth-order valence-corrected chi connectivity index (χ4v) is 2.02. The van der Waals surface area contributed by atoms with Crippen molar-refractivity contribution in [3.63, 3.8) is 0 Å². The number of aryl methyl sites for hydroxylation is 1. The summed E-state index contributed by atoms with van der Waals surface area (Å²) in [6, 6.07) is 5.50. The van der Waals surface area contributed by atoms with Gasteiger partial charge in [0.15, 0.2) is 0 Å². The van der Waals surface area contributed by atoms with E-state index in [2.05, 4.69) is 20.3 Å². The van der Waals surface area contributed by atoms with Gasteiger partial charge in [-0.3, -0.25) is 6.29 Å². The molecule has 0 aliphatic carbocycles. The zero-order valence-corrected chi connectivity index (χ0v) is 26.3. The van der Waals surface area contributed by atoms with E-state index in [1.807, 2.05) is 58.3 Å². The Bertz CT molecular complexity index is 549. The van der Waals surface area contributed by atoms with E-state index in [1.54, 1.807) is 12.4 Å². The van der Waals surface area contributed by atoms with Crippen LogP contribution in [0.5, 0.6) is 5.75 Å². The fourth-order valence-electron chi connectivity index (χ4n) is 2.02. The van der Waals surface area contributed by atoms with Gasteiger partial charge < -0.3 is 20.7 Å². The average Bonchev–Trinajstić information content (AvgIpc) is 2.61. The smallest absolute Gasteiger partial charge is 0.715 e. The summed E-state index contributed by atoms with van der Waals surface area (Å²) in [6.45, 7) is 12.3. The maximum absolute atomic E-state index is 10.9. The maximum atomic E-state index is 10.9. The van der Waals surface area contributed by atoms with Gasteiger partial charge in [-0.2, -0.15) is 37.9 Å². The Morgan fingerprint density at radius 3 is 1.97 bits per heavy atom. The Morgan fingerprint density at radius 2 is 1.58 bits per heavy atom. The number of allylic oxidation sites excluding steroid dienone is 2. The van der Waals surface area contributed by atoms with Gasteiger partial charge in [-0.1, -0.05) is 75.6 Å². The molecule has 194 valence electrons. The quantitative estimate of drug-likeness (QED) is 0.184. The summed E-state index contributed by atoms with van der Waals surface area (Å²) < 4.78 is 5.84. The van der Waals surface area contributed by atoms with Crippen molar-refractivity contribution in [3.8, 4) is 5.75 Å². The third-order valence-electron chi connectivity index (χ3n) is 4.08. The van der Waals surface area contributed by atoms with Crippen LogP contribution < -0.4 is 4.74 Å². The number of rotatable bonds is 9. The summed E-state index contributed by atoms with van der Waals surface area (Å²) >= 11 is 0. The Balaban J connectivity index is -0.0000000491. The third-order valence-corrected chi connectivity index (χ3v) is 4.08. The average molecular weight is 974 g/mol. The van der Waals surface area contributed by atoms with Crippen LogP contribution >= 0.6 is 0 Å². The minimum atomic E-state index is 0. The van der Waals surface area contributed by atoms with Crippen LogP contribution in [-0.4, -0.2) is 12.6 Å². The van der Waals surface area contributed by atoms with E-state index in [9.17, 15) is 9.59 Å². The van der Waals surface area contributed by atoms with Crippen LogP contribution in [0.1, 0.15) is 95.7 Å². The van der Waals surface area contributed by atoms with Crippen molar-refractivity contribution in [2.24, 2.45) is 11.8 Å². The van der Waals surface area contributed by atoms with Gasteiger partial charge in [0, 0.05) is 21.1 Å². The summed E-state index contributed by atoms with van der Waals surface area (Å²) in [5.41, 5.74) is 1.54. The summed E-state index contributed by atoms with van der Waals surface area (Å²) in [7, 11) is 0. The zero-order valence-electron chi connectivity index (χ0n) is 17.5. The van der Waals surface area contributed by atoms with E-state index >= 15 is 0 Å². The van der Waals surface area contributed by atoms with E-state index in [4.69, 9.17) is 4.74 Å². The third kappa shape index (κ3) is 26.6. The molecule has 33 heavy (non-hydrogen) atoms. The van der Waals surface area contributed by atoms with E-state index < -0.39 is 0 Å². The monoisotopic (exact) mass is 974 g/mol. The molecule has 6 heteroatoms. The Kier molecular flexibility index (Phi) is 65.4. The normalized spacial score (nSPS) is 9.91. The molecule has 0 aliphatic rings. The molecule has 1 rings (SSSR count). The van der Waals surface area contributed by atoms with Crippen molar-refractivity contribution in [3.05, 3.63) is 54.0 Å². The molecule has 0 aromatic heterocycles. The van der Waals surface area contributed by atoms with Gasteiger partial charge in [-0.15, -0.1) is 24.1 Å². The van der Waals surface area contributed by atoms with Crippen molar-refractivity contribution in [1.29, 1.82) is 0 Å². The van der Waals surface area contributed by atoms with Gasteiger partial charge in [0.05, 0.1) is 6.29 Å². The molecule has 0 spiro atoms. The molecule has 0 heterocycles. The summed E-state index contributed by atoms with van der Waals surface area (Å²) in [5.74, 6) is 1.35. The Morgan fingerprint density at radius 1 is 1.06 bits per heavy atom. The van der Waals surface area contributed by atoms with Crippen LogP contribution in [0, 0.1) is 31.3 Å². The first-order valence-electron chi connectivity index (χ1n) is 8.70. The van der Waals surface area contributed by atoms with Crippen molar-refractivity contribution in [2.45, 2.75) is 91.5 Å². The van der Waals surface area contributed by atoms with E-state index in [0.717, 1.165) is 18.1 Å². The topological polar surface area (TPSA) is 43.4 Å². The summed E-state index contributed by atoms with van der Waals surface area (Å²) in [4.78, 5) is 20.4. The largest absolute Gasteiger partial charge is 2.00 e. The van der Waals surface area contributed by atoms with E-state index in [1.165, 1.54) is 0 Å². The number of hydrogen-bond donors (Lipinski definition) is 0. The van der Waals surface area contributed by atoms with Crippen LogP contribution in [-0.2, 0) is 72.8 Å². The molecule has 0 fully saturated rings. The van der Waals surface area contributed by atoms with Crippen LogP contribution in [0.15, 0.2) is 30.4 Å². The second kappa shape index (κ2) is 36.7. The predicted molar refractivity (Wildman–Crippen MR) is 137 cm³/mol. The fraction of sp³-hybridized carbons (Fsp3) is 0.556. The number of benzene rings is 1. The van der Waals surface area contributed by atoms with Gasteiger partial charge in [0.25, 0.3) is 0 Å². The van der Waals surface area contributed by atoms with Crippen molar-refractivity contribution in [1.82, 2.24) is 0 Å². The van der Waals surface area contributed by atoms with Crippen LogP contribution in [0.3, 0.4) is 0 Å². The predicted octanol–water partition coefficient (Wildman–Crippen LogP) is 8.51. The van der Waals surface area contributed by atoms with Gasteiger partial charge in [-0.05, 0) is 19.1 Å². The molecule has 1 aromatic carbocycles. The van der Waals surface area contributed by atoms with E-state index in [0.29, 0.717) is 29.6 Å². The standard InChI is InChI=1S/C16H21O2.C6H9O.5CH4.3W/c1-6-12(3)13(4)14(5)18-16-9-11(2)7-8-15(16)10-17;1-2-3-4-5-6-7;;;;;;;;/h6-9,12-13H,1-5H3;3-4H,2,5H2,1H3;5*1H4;;;/q-3;-1;;;;;;;2*+2/b;4-3-;;;;;;;;. The summed E-state index contributed by atoms with van der Waals surface area (Å²) in [5, 5.41) is 0. The van der Waals surface area contributed by atoms with Crippen LogP contribution in [0.2, 0.25) is 0 Å². The molecule has 1 aromatic rings. The van der Waals surface area contributed by atoms with Crippen LogP contribution in [0.4, 0.5) is 0 Å². The molecule has 2 atom stereocenters. The molecule has 2 unspecified atom stereocenters. The summed E-state index contributed by atoms with van der Waals surface area (Å²) in [6.07, 6.45) is 12.0. The van der Waals surface area contributed by atoms with Crippen LogP contribution in [0.25, 0.3) is 0 Å². The second-order valence-corrected chi connectivity index (χ2v) is 6.02. The van der Waals surface area contributed by atoms with Crippen molar-refractivity contribution < 1.29 is 77.5 Å². The minimum Gasteiger partial charge on any atom is -0.715 e. The van der Waals surface area contributed by atoms with Gasteiger partial charge >= 0.3 is 42.1 Å². The molecular formula is C27H50O3W3. The first-order valence-corrected chi connectivity index (χ1v) is 8.70. The SMILES string of the molecule is C.C.C.C.C.CC/C=C\C[C-]=O.C[CH-]C(C)C(C)[C-](C)Oc1cc(C)ccc1[C-]=O.[W+2].[W+2].[W]. The maximum Gasteiger partial charge on any atom is 2.00 e. The van der Waals surface area contributed by atoms with Crippen molar-refractivity contribution in [2.75, 3.05) is 0 Å². The molecule has 0 aliphatic heterocycles. The van der Waals surface area contributed by atoms with Gasteiger partial charge in [-0.25, -0.2) is 0 Å². The molecule has 0 bridgehead atoms. The molecule has 3 nitrogen and oxygen atoms in total. The number of carbonyl (C=O) groups excluding carboxylic acids is 2. The molecule has 0 radical (unpaired) electrons. The number of hydrogen-bond acceptors (Lipinski definition) is 3. The molecule has 0 saturated heterocycles. The van der Waals surface area contributed by atoms with Crippen molar-refractivity contribution >= 4 is 12.6 Å². The molecule has 0 N–H and O–H groups in total. The Hall–Kier alpha value is 0.165.